The molecule has 3 aromatic rings. The Hall–Kier alpha value is -2.02. The number of sulfonamides is 1. The van der Waals surface area contributed by atoms with Crippen molar-refractivity contribution in [2.24, 2.45) is 17.6 Å². The Labute approximate surface area is 245 Å². The van der Waals surface area contributed by atoms with Gasteiger partial charge in [-0.2, -0.15) is 0 Å². The minimum atomic E-state index is -4.45. The highest BCUT2D eigenvalue weighted by atomic mass is 35.5. The minimum Gasteiger partial charge on any atom is -0.497 e. The number of hydrogen-bond donors (Lipinski definition) is 2. The lowest BCUT2D eigenvalue weighted by Crippen LogP contribution is -2.43. The molecule has 8 nitrogen and oxygen atoms in total. The highest BCUT2D eigenvalue weighted by molar-refractivity contribution is 7.93. The normalized spacial score (nSPS) is 23.6. The zero-order valence-corrected chi connectivity index (χ0v) is 24.8. The second-order valence-electron chi connectivity index (χ2n) is 9.54. The zero-order valence-electron chi connectivity index (χ0n) is 20.9. The molecule has 1 aromatic heterocycles. The molecule has 0 spiro atoms. The number of benzene rings is 2. The first kappa shape index (κ1) is 28.5. The highest BCUT2D eigenvalue weighted by Crippen LogP contribution is 2.65. The van der Waals surface area contributed by atoms with Crippen LogP contribution in [0.4, 0.5) is 15.2 Å². The van der Waals surface area contributed by atoms with Crippen LogP contribution in [0.1, 0.15) is 18.4 Å². The molecule has 2 aromatic carbocycles. The van der Waals surface area contributed by atoms with E-state index in [1.54, 1.807) is 23.6 Å². The second-order valence-corrected chi connectivity index (χ2v) is 14.1. The summed E-state index contributed by atoms with van der Waals surface area (Å²) >= 11 is 20.3. The van der Waals surface area contributed by atoms with E-state index in [1.807, 2.05) is 0 Å². The number of rotatable bonds is 9. The maximum atomic E-state index is 15.5. The number of aromatic nitrogens is 1. The van der Waals surface area contributed by atoms with Crippen molar-refractivity contribution in [2.75, 3.05) is 23.8 Å². The molecule has 0 bridgehead atoms. The molecule has 2 saturated carbocycles. The highest BCUT2D eigenvalue weighted by Gasteiger charge is 2.65. The zero-order chi connectivity index (χ0) is 28.1. The van der Waals surface area contributed by atoms with Gasteiger partial charge < -0.3 is 20.5 Å². The van der Waals surface area contributed by atoms with Gasteiger partial charge in [-0.25, -0.2) is 22.1 Å². The van der Waals surface area contributed by atoms with Gasteiger partial charge in [-0.15, -0.1) is 34.5 Å². The summed E-state index contributed by atoms with van der Waals surface area (Å²) in [6.07, 6.45) is 2.69. The topological polar surface area (TPSA) is 107 Å². The summed E-state index contributed by atoms with van der Waals surface area (Å²) in [5.74, 6) is 0.197. The second kappa shape index (κ2) is 10.8. The third-order valence-electron chi connectivity index (χ3n) is 7.29. The predicted molar refractivity (Wildman–Crippen MR) is 152 cm³/mol. The number of fused-ring (bicyclic) bond motifs is 1. The maximum absolute atomic E-state index is 15.5. The number of nitrogens with one attached hydrogen (secondary N) is 1. The molecule has 1 heterocycles. The molecule has 210 valence electrons. The first-order valence-electron chi connectivity index (χ1n) is 12.0. The Morgan fingerprint density at radius 2 is 1.95 bits per heavy atom. The Balaban J connectivity index is 1.45. The molecule has 2 aliphatic rings. The Kier molecular flexibility index (Phi) is 7.86. The number of thiazole rings is 1. The van der Waals surface area contributed by atoms with Gasteiger partial charge in [-0.1, -0.05) is 11.6 Å². The van der Waals surface area contributed by atoms with Crippen LogP contribution in [-0.4, -0.2) is 44.0 Å². The SMILES string of the molecule is COc1ccc(CN(c2nccs2)S(=O)(=O)c2cc(Cl)c(NC3C[C@H]4[C@@H](C[C@@H]3N)C4(Cl)Cl)cc2F)c(OC)c1. The van der Waals surface area contributed by atoms with Crippen LogP contribution in [0, 0.1) is 17.7 Å². The average Bonchev–Trinajstić information content (AvgIpc) is 3.23. The first-order valence-corrected chi connectivity index (χ1v) is 15.4. The van der Waals surface area contributed by atoms with Gasteiger partial charge in [0.05, 0.1) is 31.5 Å². The lowest BCUT2D eigenvalue weighted by Gasteiger charge is -2.30. The van der Waals surface area contributed by atoms with Crippen LogP contribution in [0.2, 0.25) is 5.02 Å². The lowest BCUT2D eigenvalue weighted by atomic mass is 9.91. The van der Waals surface area contributed by atoms with E-state index < -0.39 is 25.1 Å². The summed E-state index contributed by atoms with van der Waals surface area (Å²) in [6, 6.07) is 6.65. The summed E-state index contributed by atoms with van der Waals surface area (Å²) in [5.41, 5.74) is 7.08. The van der Waals surface area contributed by atoms with Gasteiger partial charge in [0.25, 0.3) is 10.0 Å². The van der Waals surface area contributed by atoms with Crippen molar-refractivity contribution in [1.29, 1.82) is 0 Å². The summed E-state index contributed by atoms with van der Waals surface area (Å²) in [7, 11) is -1.47. The van der Waals surface area contributed by atoms with Crippen LogP contribution in [-0.2, 0) is 16.6 Å². The van der Waals surface area contributed by atoms with Gasteiger partial charge in [0.2, 0.25) is 0 Å². The Morgan fingerprint density at radius 3 is 2.62 bits per heavy atom. The van der Waals surface area contributed by atoms with Gasteiger partial charge in [-0.3, -0.25) is 0 Å². The molecule has 0 amide bonds. The van der Waals surface area contributed by atoms with Crippen LogP contribution >= 0.6 is 46.1 Å². The molecule has 14 heteroatoms. The predicted octanol–water partition coefficient (Wildman–Crippen LogP) is 5.67. The van der Waals surface area contributed by atoms with E-state index in [9.17, 15) is 8.42 Å². The Bertz CT molecular complexity index is 1480. The molecular weight excluding hydrogens is 610 g/mol. The summed E-state index contributed by atoms with van der Waals surface area (Å²) in [4.78, 5) is 3.58. The van der Waals surface area contributed by atoms with Crippen molar-refractivity contribution in [3.05, 3.63) is 58.3 Å². The molecule has 2 aliphatic carbocycles. The number of anilines is 2. The van der Waals surface area contributed by atoms with Crippen molar-refractivity contribution in [3.8, 4) is 11.5 Å². The summed E-state index contributed by atoms with van der Waals surface area (Å²) < 4.78 is 54.2. The standard InChI is InChI=1S/C25H26Cl3FN4O4S2/c1-36-14-4-3-13(22(7-14)37-2)12-33(24-31-5-6-38-24)39(34,35)23-10-17(26)20(11-18(23)29)32-21-9-16-15(8-19(21)30)25(16,27)28/h3-7,10-11,15-16,19,21,32H,8-9,12,30H2,1-2H3/t15-,16+,19+,21?/m1/s1. The fourth-order valence-corrected chi connectivity index (χ4v) is 8.53. The van der Waals surface area contributed by atoms with Gasteiger partial charge in [-0.05, 0) is 48.9 Å². The van der Waals surface area contributed by atoms with Crippen molar-refractivity contribution < 1.29 is 22.3 Å². The van der Waals surface area contributed by atoms with Gasteiger partial charge in [0, 0.05) is 35.3 Å². The lowest BCUT2D eigenvalue weighted by molar-refractivity contribution is 0.387. The third-order valence-corrected chi connectivity index (χ3v) is 11.4. The van der Waals surface area contributed by atoms with Crippen molar-refractivity contribution in [1.82, 2.24) is 4.98 Å². The van der Waals surface area contributed by atoms with E-state index in [4.69, 9.17) is 50.0 Å². The van der Waals surface area contributed by atoms with E-state index in [1.165, 1.54) is 20.4 Å². The average molecular weight is 636 g/mol. The number of nitrogens with two attached hydrogens (primary N) is 1. The summed E-state index contributed by atoms with van der Waals surface area (Å²) in [5, 5.41) is 4.99. The van der Waals surface area contributed by atoms with E-state index in [2.05, 4.69) is 10.3 Å². The molecule has 4 atom stereocenters. The molecule has 5 rings (SSSR count). The quantitative estimate of drug-likeness (QED) is 0.292. The Morgan fingerprint density at radius 1 is 1.21 bits per heavy atom. The third kappa shape index (κ3) is 5.37. The molecular formula is C25H26Cl3FN4O4S2. The van der Waals surface area contributed by atoms with Crippen LogP contribution in [0.15, 0.2) is 46.8 Å². The van der Waals surface area contributed by atoms with Crippen LogP contribution in [0.3, 0.4) is 0 Å². The van der Waals surface area contributed by atoms with Gasteiger partial charge in [0.1, 0.15) is 26.5 Å². The molecule has 2 fully saturated rings. The van der Waals surface area contributed by atoms with Crippen LogP contribution in [0.25, 0.3) is 0 Å². The van der Waals surface area contributed by atoms with Gasteiger partial charge >= 0.3 is 0 Å². The number of alkyl halides is 2. The van der Waals surface area contributed by atoms with Crippen molar-refractivity contribution in [2.45, 2.75) is 40.7 Å². The first-order chi connectivity index (χ1) is 18.5. The van der Waals surface area contributed by atoms with Crippen LogP contribution in [0.5, 0.6) is 11.5 Å². The molecule has 3 N–H and O–H groups in total. The van der Waals surface area contributed by atoms with Gasteiger partial charge in [0.15, 0.2) is 5.13 Å². The number of methoxy groups -OCH3 is 2. The molecule has 39 heavy (non-hydrogen) atoms. The van der Waals surface area contributed by atoms with E-state index in [0.717, 1.165) is 27.8 Å². The number of nitrogens with zero attached hydrogens (tertiary/aromatic N) is 2. The monoisotopic (exact) mass is 634 g/mol. The van der Waals surface area contributed by atoms with Crippen molar-refractivity contribution in [3.63, 3.8) is 0 Å². The van der Waals surface area contributed by atoms with Crippen molar-refractivity contribution >= 4 is 67.0 Å². The fourth-order valence-electron chi connectivity index (χ4n) is 5.06. The number of halogens is 4. The molecule has 0 saturated heterocycles. The molecule has 0 radical (unpaired) electrons. The van der Waals surface area contributed by atoms with Crippen LogP contribution < -0.4 is 24.8 Å². The maximum Gasteiger partial charge on any atom is 0.269 e. The molecule has 1 unspecified atom stereocenters. The van der Waals surface area contributed by atoms with E-state index in [-0.39, 0.29) is 46.3 Å². The van der Waals surface area contributed by atoms with E-state index >= 15 is 4.39 Å². The summed E-state index contributed by atoms with van der Waals surface area (Å²) in [6.45, 7) is -0.168. The number of ether oxygens (including phenoxy) is 2. The molecule has 0 aliphatic heterocycles. The number of hydrogen-bond acceptors (Lipinski definition) is 8. The fraction of sp³-hybridized carbons (Fsp3) is 0.400. The minimum absolute atomic E-state index is 0.0317. The van der Waals surface area contributed by atoms with E-state index in [0.29, 0.717) is 29.9 Å². The smallest absolute Gasteiger partial charge is 0.269 e. The largest absolute Gasteiger partial charge is 0.497 e.